The standard InChI is InChI=1S/C21H24ClN3O4/c1-21(2,3)29-20(28)23-13-19(27)25-17-6-4-5-16(12-17)24-18(26)11-14-7-9-15(22)10-8-14/h4-10,12H,11,13H2,1-3H3,(H,23,28)(H,24,26)(H,25,27). The third kappa shape index (κ3) is 8.66. The molecule has 0 bridgehead atoms. The van der Waals surface area contributed by atoms with E-state index in [1.165, 1.54) is 0 Å². The zero-order chi connectivity index (χ0) is 21.4. The van der Waals surface area contributed by atoms with Gasteiger partial charge in [-0.3, -0.25) is 9.59 Å². The summed E-state index contributed by atoms with van der Waals surface area (Å²) in [5, 5.41) is 8.43. The van der Waals surface area contributed by atoms with E-state index in [1.807, 2.05) is 0 Å². The Bertz CT molecular complexity index is 876. The first-order valence-corrected chi connectivity index (χ1v) is 9.39. The average Bonchev–Trinajstić information content (AvgIpc) is 2.61. The van der Waals surface area contributed by atoms with E-state index >= 15 is 0 Å². The highest BCUT2D eigenvalue weighted by Crippen LogP contribution is 2.16. The second-order valence-corrected chi connectivity index (χ2v) is 7.77. The maximum Gasteiger partial charge on any atom is 0.408 e. The van der Waals surface area contributed by atoms with Crippen LogP contribution in [0.15, 0.2) is 48.5 Å². The molecule has 154 valence electrons. The van der Waals surface area contributed by atoms with Crippen LogP contribution in [0.25, 0.3) is 0 Å². The number of halogens is 1. The van der Waals surface area contributed by atoms with Gasteiger partial charge in [0.2, 0.25) is 11.8 Å². The molecule has 2 rings (SSSR count). The fourth-order valence-electron chi connectivity index (χ4n) is 2.34. The molecule has 0 fully saturated rings. The van der Waals surface area contributed by atoms with Crippen LogP contribution in [0.3, 0.4) is 0 Å². The third-order valence-electron chi connectivity index (χ3n) is 3.50. The van der Waals surface area contributed by atoms with Gasteiger partial charge >= 0.3 is 6.09 Å². The van der Waals surface area contributed by atoms with Crippen LogP contribution >= 0.6 is 11.6 Å². The molecule has 0 atom stereocenters. The van der Waals surface area contributed by atoms with Crippen LogP contribution in [-0.2, 0) is 20.7 Å². The van der Waals surface area contributed by atoms with Crippen molar-refractivity contribution >= 4 is 40.9 Å². The molecule has 3 N–H and O–H groups in total. The smallest absolute Gasteiger partial charge is 0.408 e. The minimum atomic E-state index is -0.670. The summed E-state index contributed by atoms with van der Waals surface area (Å²) in [7, 11) is 0. The molecule has 0 unspecified atom stereocenters. The molecule has 0 spiro atoms. The number of alkyl carbamates (subject to hydrolysis) is 1. The lowest BCUT2D eigenvalue weighted by atomic mass is 10.1. The molecule has 0 radical (unpaired) electrons. The molecule has 29 heavy (non-hydrogen) atoms. The summed E-state index contributed by atoms with van der Waals surface area (Å²) in [6, 6.07) is 13.8. The van der Waals surface area contributed by atoms with Gasteiger partial charge in [0.15, 0.2) is 0 Å². The maximum atomic E-state index is 12.2. The van der Waals surface area contributed by atoms with Gasteiger partial charge in [-0.25, -0.2) is 4.79 Å². The average molecular weight is 418 g/mol. The summed E-state index contributed by atoms with van der Waals surface area (Å²) in [6.45, 7) is 4.97. The van der Waals surface area contributed by atoms with Crippen LogP contribution in [0, 0.1) is 0 Å². The van der Waals surface area contributed by atoms with E-state index < -0.39 is 17.6 Å². The van der Waals surface area contributed by atoms with Gasteiger partial charge in [-0.1, -0.05) is 29.8 Å². The van der Waals surface area contributed by atoms with E-state index in [4.69, 9.17) is 16.3 Å². The Morgan fingerprint density at radius 2 is 1.52 bits per heavy atom. The molecular weight excluding hydrogens is 394 g/mol. The molecule has 8 heteroatoms. The van der Waals surface area contributed by atoms with Gasteiger partial charge in [0, 0.05) is 16.4 Å². The predicted octanol–water partition coefficient (Wildman–Crippen LogP) is 3.98. The van der Waals surface area contributed by atoms with Crippen molar-refractivity contribution in [1.29, 1.82) is 0 Å². The van der Waals surface area contributed by atoms with Gasteiger partial charge in [0.1, 0.15) is 12.1 Å². The first kappa shape index (κ1) is 22.2. The minimum absolute atomic E-state index is 0.192. The van der Waals surface area contributed by atoms with E-state index in [2.05, 4.69) is 16.0 Å². The van der Waals surface area contributed by atoms with E-state index in [9.17, 15) is 14.4 Å². The summed E-state index contributed by atoms with van der Waals surface area (Å²) in [6.07, 6.45) is -0.469. The van der Waals surface area contributed by atoms with Gasteiger partial charge in [-0.15, -0.1) is 0 Å². The zero-order valence-corrected chi connectivity index (χ0v) is 17.3. The summed E-state index contributed by atoms with van der Waals surface area (Å²) in [5.74, 6) is -0.608. The normalized spacial score (nSPS) is 10.8. The van der Waals surface area contributed by atoms with E-state index in [-0.39, 0.29) is 18.9 Å². The molecular formula is C21H24ClN3O4. The number of carbonyl (C=O) groups is 3. The predicted molar refractivity (Wildman–Crippen MR) is 113 cm³/mol. The highest BCUT2D eigenvalue weighted by molar-refractivity contribution is 6.30. The number of anilines is 2. The fraction of sp³-hybridized carbons (Fsp3) is 0.286. The Morgan fingerprint density at radius 3 is 2.10 bits per heavy atom. The van der Waals surface area contributed by atoms with Crippen LogP contribution in [0.2, 0.25) is 5.02 Å². The Hall–Kier alpha value is -3.06. The monoisotopic (exact) mass is 417 g/mol. The molecule has 0 aromatic heterocycles. The van der Waals surface area contributed by atoms with Crippen LogP contribution in [0.4, 0.5) is 16.2 Å². The summed E-state index contributed by atoms with van der Waals surface area (Å²) >= 11 is 5.84. The number of benzene rings is 2. The number of hydrogen-bond acceptors (Lipinski definition) is 4. The lowest BCUT2D eigenvalue weighted by Gasteiger charge is -2.19. The zero-order valence-electron chi connectivity index (χ0n) is 16.5. The van der Waals surface area contributed by atoms with Crippen molar-refractivity contribution in [2.24, 2.45) is 0 Å². The van der Waals surface area contributed by atoms with Crippen molar-refractivity contribution in [3.8, 4) is 0 Å². The van der Waals surface area contributed by atoms with Crippen molar-refractivity contribution < 1.29 is 19.1 Å². The van der Waals surface area contributed by atoms with Gasteiger partial charge < -0.3 is 20.7 Å². The quantitative estimate of drug-likeness (QED) is 0.662. The van der Waals surface area contributed by atoms with Crippen molar-refractivity contribution in [3.05, 3.63) is 59.1 Å². The van der Waals surface area contributed by atoms with Crippen LogP contribution in [0.1, 0.15) is 26.3 Å². The van der Waals surface area contributed by atoms with Crippen LogP contribution < -0.4 is 16.0 Å². The highest BCUT2D eigenvalue weighted by atomic mass is 35.5. The highest BCUT2D eigenvalue weighted by Gasteiger charge is 2.16. The lowest BCUT2D eigenvalue weighted by Crippen LogP contribution is -2.37. The van der Waals surface area contributed by atoms with Crippen LogP contribution in [-0.4, -0.2) is 30.1 Å². The first-order valence-electron chi connectivity index (χ1n) is 9.02. The Kier molecular flexibility index (Phi) is 7.61. The van der Waals surface area contributed by atoms with Gasteiger partial charge in [0.25, 0.3) is 0 Å². The van der Waals surface area contributed by atoms with Crippen molar-refractivity contribution in [2.45, 2.75) is 32.8 Å². The summed E-state index contributed by atoms with van der Waals surface area (Å²) in [4.78, 5) is 35.8. The SMILES string of the molecule is CC(C)(C)OC(=O)NCC(=O)Nc1cccc(NC(=O)Cc2ccc(Cl)cc2)c1. The van der Waals surface area contributed by atoms with Crippen LogP contribution in [0.5, 0.6) is 0 Å². The molecule has 0 saturated heterocycles. The Labute approximate surface area is 174 Å². The van der Waals surface area contributed by atoms with E-state index in [0.717, 1.165) is 5.56 Å². The number of hydrogen-bond donors (Lipinski definition) is 3. The maximum absolute atomic E-state index is 12.2. The van der Waals surface area contributed by atoms with Crippen molar-refractivity contribution in [1.82, 2.24) is 5.32 Å². The molecule has 0 aliphatic rings. The van der Waals surface area contributed by atoms with Gasteiger partial charge in [-0.2, -0.15) is 0 Å². The number of amides is 3. The molecule has 7 nitrogen and oxygen atoms in total. The van der Waals surface area contributed by atoms with E-state index in [1.54, 1.807) is 69.3 Å². The summed E-state index contributed by atoms with van der Waals surface area (Å²) < 4.78 is 5.07. The molecule has 3 amide bonds. The molecule has 0 saturated carbocycles. The van der Waals surface area contributed by atoms with Crippen molar-refractivity contribution in [3.63, 3.8) is 0 Å². The number of carbonyl (C=O) groups excluding carboxylic acids is 3. The van der Waals surface area contributed by atoms with E-state index in [0.29, 0.717) is 16.4 Å². The minimum Gasteiger partial charge on any atom is -0.444 e. The van der Waals surface area contributed by atoms with Crippen molar-refractivity contribution in [2.75, 3.05) is 17.2 Å². The summed E-state index contributed by atoms with van der Waals surface area (Å²) in [5.41, 5.74) is 1.23. The number of ether oxygens (including phenoxy) is 1. The lowest BCUT2D eigenvalue weighted by molar-refractivity contribution is -0.116. The van der Waals surface area contributed by atoms with Gasteiger partial charge in [-0.05, 0) is 56.7 Å². The molecule has 0 heterocycles. The molecule has 2 aromatic rings. The first-order chi connectivity index (χ1) is 13.6. The topological polar surface area (TPSA) is 96.5 Å². The fourth-order valence-corrected chi connectivity index (χ4v) is 2.47. The third-order valence-corrected chi connectivity index (χ3v) is 3.75. The largest absolute Gasteiger partial charge is 0.444 e. The molecule has 0 aliphatic heterocycles. The number of rotatable bonds is 6. The molecule has 2 aromatic carbocycles. The number of nitrogens with one attached hydrogen (secondary N) is 3. The Morgan fingerprint density at radius 1 is 0.931 bits per heavy atom. The molecule has 0 aliphatic carbocycles. The second kappa shape index (κ2) is 9.93. The Balaban J connectivity index is 1.85. The van der Waals surface area contributed by atoms with Gasteiger partial charge in [0.05, 0.1) is 6.42 Å². The second-order valence-electron chi connectivity index (χ2n) is 7.34.